The summed E-state index contributed by atoms with van der Waals surface area (Å²) >= 11 is 7.93. The van der Waals surface area contributed by atoms with Crippen molar-refractivity contribution < 1.29 is 14.3 Å². The van der Waals surface area contributed by atoms with E-state index in [2.05, 4.69) is 23.2 Å². The second-order valence-corrected chi connectivity index (χ2v) is 8.59. The third kappa shape index (κ3) is 4.47. The van der Waals surface area contributed by atoms with Crippen molar-refractivity contribution in [3.63, 3.8) is 0 Å². The highest BCUT2D eigenvalue weighted by molar-refractivity contribution is 8.18. The summed E-state index contributed by atoms with van der Waals surface area (Å²) in [6, 6.07) is 18.0. The molecule has 0 radical (unpaired) electrons. The van der Waals surface area contributed by atoms with E-state index >= 15 is 0 Å². The number of benzene rings is 3. The molecule has 0 bridgehead atoms. The number of aliphatic imine (C=N–C) groups is 1. The first-order valence-corrected chi connectivity index (χ1v) is 11.4. The second kappa shape index (κ2) is 9.67. The van der Waals surface area contributed by atoms with Gasteiger partial charge < -0.3 is 9.47 Å². The number of carbonyl (C=O) groups excluding carboxylic acids is 1. The van der Waals surface area contributed by atoms with Gasteiger partial charge >= 0.3 is 0 Å². The minimum Gasteiger partial charge on any atom is -0.490 e. The number of rotatable bonds is 6. The molecule has 1 fully saturated rings. The van der Waals surface area contributed by atoms with E-state index in [4.69, 9.17) is 21.1 Å². The van der Waals surface area contributed by atoms with Gasteiger partial charge in [-0.25, -0.2) is 0 Å². The Morgan fingerprint density at radius 1 is 1.12 bits per heavy atom. The van der Waals surface area contributed by atoms with Crippen molar-refractivity contribution in [1.82, 2.24) is 4.90 Å². The molecule has 1 saturated heterocycles. The van der Waals surface area contributed by atoms with Gasteiger partial charge in [-0.3, -0.25) is 14.7 Å². The molecule has 1 aliphatic rings. The summed E-state index contributed by atoms with van der Waals surface area (Å²) in [5.74, 6) is 0.933. The number of nitrogens with zero attached hydrogens (tertiary/aromatic N) is 2. The predicted octanol–water partition coefficient (Wildman–Crippen LogP) is 6.00. The lowest BCUT2D eigenvalue weighted by molar-refractivity contribution is -0.121. The van der Waals surface area contributed by atoms with Crippen LogP contribution in [0.2, 0.25) is 5.02 Å². The highest BCUT2D eigenvalue weighted by Gasteiger charge is 2.29. The van der Waals surface area contributed by atoms with E-state index < -0.39 is 0 Å². The molecule has 32 heavy (non-hydrogen) atoms. The van der Waals surface area contributed by atoms with Gasteiger partial charge in [0, 0.05) is 14.1 Å². The molecule has 3 aromatic carbocycles. The molecular formula is C25H23ClN2O3S. The number of halogens is 1. The fourth-order valence-electron chi connectivity index (χ4n) is 3.54. The largest absolute Gasteiger partial charge is 0.490 e. The predicted molar refractivity (Wildman–Crippen MR) is 133 cm³/mol. The number of carbonyl (C=O) groups is 1. The molecule has 1 aliphatic heterocycles. The van der Waals surface area contributed by atoms with E-state index in [-0.39, 0.29) is 5.91 Å². The summed E-state index contributed by atoms with van der Waals surface area (Å²) < 4.78 is 12.0. The van der Waals surface area contributed by atoms with Crippen molar-refractivity contribution in [3.05, 3.63) is 75.7 Å². The number of ether oxygens (including phenoxy) is 2. The zero-order valence-corrected chi connectivity index (χ0v) is 19.7. The van der Waals surface area contributed by atoms with Crippen LogP contribution in [-0.2, 0) is 11.4 Å². The number of likely N-dealkylation sites (N-methyl/N-ethyl adjacent to an activating group) is 1. The Morgan fingerprint density at radius 3 is 2.66 bits per heavy atom. The lowest BCUT2D eigenvalue weighted by Crippen LogP contribution is -2.23. The number of amides is 1. The fraction of sp³-hybridized carbons (Fsp3) is 0.200. The second-order valence-electron chi connectivity index (χ2n) is 7.17. The quantitative estimate of drug-likeness (QED) is 0.418. The molecule has 3 aromatic rings. The van der Waals surface area contributed by atoms with Crippen LogP contribution in [0.4, 0.5) is 0 Å². The Morgan fingerprint density at radius 2 is 1.91 bits per heavy atom. The Kier molecular flexibility index (Phi) is 6.72. The molecular weight excluding hydrogens is 444 g/mol. The molecule has 1 heterocycles. The standard InChI is InChI=1S/C25H23ClN2O3S/c1-4-30-21-13-16(14-22-24(29)28(3)25(27-2)32-22)12-20(26)23(21)31-15-18-10-7-9-17-8-5-6-11-19(17)18/h5-14H,4,15H2,1-3H3/b22-14+,27-25?. The molecule has 0 N–H and O–H groups in total. The maximum Gasteiger partial charge on any atom is 0.266 e. The average molecular weight is 467 g/mol. The number of hydrogen-bond donors (Lipinski definition) is 0. The van der Waals surface area contributed by atoms with Gasteiger partial charge in [0.05, 0.1) is 16.5 Å². The van der Waals surface area contributed by atoms with E-state index in [0.29, 0.717) is 39.8 Å². The van der Waals surface area contributed by atoms with E-state index in [9.17, 15) is 4.79 Å². The Balaban J connectivity index is 1.63. The molecule has 5 nitrogen and oxygen atoms in total. The summed E-state index contributed by atoms with van der Waals surface area (Å²) in [4.78, 5) is 18.7. The van der Waals surface area contributed by atoms with Gasteiger partial charge in [0.25, 0.3) is 5.91 Å². The Bertz CT molecular complexity index is 1230. The molecule has 0 aliphatic carbocycles. The molecule has 4 rings (SSSR count). The van der Waals surface area contributed by atoms with Gasteiger partial charge in [-0.2, -0.15) is 0 Å². The highest BCUT2D eigenvalue weighted by Crippen LogP contribution is 2.39. The monoisotopic (exact) mass is 466 g/mol. The molecule has 164 valence electrons. The number of hydrogen-bond acceptors (Lipinski definition) is 5. The molecule has 0 aromatic heterocycles. The normalized spacial score (nSPS) is 16.4. The topological polar surface area (TPSA) is 51.1 Å². The third-order valence-corrected chi connectivity index (χ3v) is 6.51. The zero-order valence-electron chi connectivity index (χ0n) is 18.1. The van der Waals surface area contributed by atoms with Gasteiger partial charge in [0.1, 0.15) is 6.61 Å². The lowest BCUT2D eigenvalue weighted by Gasteiger charge is -2.15. The Hall–Kier alpha value is -2.96. The Labute approximate surface area is 196 Å². The van der Waals surface area contributed by atoms with Crippen LogP contribution in [0.15, 0.2) is 64.5 Å². The van der Waals surface area contributed by atoms with Crippen molar-refractivity contribution in [2.75, 3.05) is 20.7 Å². The van der Waals surface area contributed by atoms with Gasteiger partial charge in [0.2, 0.25) is 0 Å². The molecule has 0 saturated carbocycles. The number of amidine groups is 1. The summed E-state index contributed by atoms with van der Waals surface area (Å²) in [5, 5.41) is 3.38. The summed E-state index contributed by atoms with van der Waals surface area (Å²) in [7, 11) is 3.38. The smallest absolute Gasteiger partial charge is 0.266 e. The van der Waals surface area contributed by atoms with Gasteiger partial charge in [-0.05, 0) is 58.8 Å². The van der Waals surface area contributed by atoms with Crippen molar-refractivity contribution >= 4 is 51.3 Å². The van der Waals surface area contributed by atoms with E-state index in [0.717, 1.165) is 21.9 Å². The SMILES string of the molecule is CCOc1cc(/C=C2/SC(=NC)N(C)C2=O)cc(Cl)c1OCc1cccc2ccccc12. The van der Waals surface area contributed by atoms with Crippen molar-refractivity contribution in [2.24, 2.45) is 4.99 Å². The summed E-state index contributed by atoms with van der Waals surface area (Å²) in [5.41, 5.74) is 1.83. The molecule has 7 heteroatoms. The van der Waals surface area contributed by atoms with Crippen molar-refractivity contribution in [3.8, 4) is 11.5 Å². The first-order valence-electron chi connectivity index (χ1n) is 10.2. The first kappa shape index (κ1) is 22.2. The molecule has 1 amide bonds. The lowest BCUT2D eigenvalue weighted by atomic mass is 10.1. The van der Waals surface area contributed by atoms with Crippen molar-refractivity contribution in [2.45, 2.75) is 13.5 Å². The van der Waals surface area contributed by atoms with Crippen LogP contribution in [0.5, 0.6) is 11.5 Å². The maximum atomic E-state index is 12.5. The summed E-state index contributed by atoms with van der Waals surface area (Å²) in [6.45, 7) is 2.73. The average Bonchev–Trinajstić information content (AvgIpc) is 3.06. The van der Waals surface area contributed by atoms with Crippen LogP contribution < -0.4 is 9.47 Å². The van der Waals surface area contributed by atoms with Crippen LogP contribution in [0.1, 0.15) is 18.1 Å². The van der Waals surface area contributed by atoms with Gasteiger partial charge in [0.15, 0.2) is 16.7 Å². The minimum atomic E-state index is -0.0963. The minimum absolute atomic E-state index is 0.0963. The summed E-state index contributed by atoms with van der Waals surface area (Å²) in [6.07, 6.45) is 1.80. The van der Waals surface area contributed by atoms with Gasteiger partial charge in [-0.15, -0.1) is 0 Å². The van der Waals surface area contributed by atoms with Crippen LogP contribution >= 0.6 is 23.4 Å². The van der Waals surface area contributed by atoms with Crippen LogP contribution in [-0.4, -0.2) is 36.7 Å². The maximum absolute atomic E-state index is 12.5. The third-order valence-electron chi connectivity index (χ3n) is 5.08. The van der Waals surface area contributed by atoms with E-state index in [1.54, 1.807) is 26.2 Å². The molecule has 0 unspecified atom stereocenters. The molecule has 0 spiro atoms. The number of fused-ring (bicyclic) bond motifs is 1. The van der Waals surface area contributed by atoms with Crippen LogP contribution in [0, 0.1) is 0 Å². The first-order chi connectivity index (χ1) is 15.5. The fourth-order valence-corrected chi connectivity index (χ4v) is 4.74. The van der Waals surface area contributed by atoms with E-state index in [1.807, 2.05) is 37.3 Å². The van der Waals surface area contributed by atoms with Crippen LogP contribution in [0.3, 0.4) is 0 Å². The highest BCUT2D eigenvalue weighted by atomic mass is 35.5. The van der Waals surface area contributed by atoms with Gasteiger partial charge in [-0.1, -0.05) is 54.1 Å². The number of thioether (sulfide) groups is 1. The molecule has 0 atom stereocenters. The van der Waals surface area contributed by atoms with Crippen LogP contribution in [0.25, 0.3) is 16.8 Å². The van der Waals surface area contributed by atoms with E-state index in [1.165, 1.54) is 16.7 Å². The zero-order chi connectivity index (χ0) is 22.7. The van der Waals surface area contributed by atoms with Crippen molar-refractivity contribution in [1.29, 1.82) is 0 Å².